The predicted molar refractivity (Wildman–Crippen MR) is 67.1 cm³/mol. The quantitative estimate of drug-likeness (QED) is 0.563. The van der Waals surface area contributed by atoms with Crippen molar-refractivity contribution in [1.82, 2.24) is 0 Å². The van der Waals surface area contributed by atoms with Gasteiger partial charge in [-0.3, -0.25) is 0 Å². The molecular formula is C15H23. The summed E-state index contributed by atoms with van der Waals surface area (Å²) in [5, 5.41) is 0. The fraction of sp³-hybridized carbons (Fsp3) is 0.600. The topological polar surface area (TPSA) is 0 Å². The number of benzene rings is 1. The van der Waals surface area contributed by atoms with Gasteiger partial charge in [0, 0.05) is 0 Å². The Hall–Kier alpha value is -0.780. The van der Waals surface area contributed by atoms with Crippen LogP contribution in [-0.2, 0) is 6.42 Å². The number of aryl methyl sites for hydroxylation is 2. The van der Waals surface area contributed by atoms with E-state index in [1.807, 2.05) is 6.07 Å². The van der Waals surface area contributed by atoms with Crippen molar-refractivity contribution in [3.8, 4) is 0 Å². The fourth-order valence-corrected chi connectivity index (χ4v) is 1.91. The van der Waals surface area contributed by atoms with Crippen molar-refractivity contribution >= 4 is 0 Å². The zero-order valence-electron chi connectivity index (χ0n) is 10.2. The normalized spacial score (nSPS) is 10.5. The molecule has 0 nitrogen and oxygen atoms in total. The Morgan fingerprint density at radius 3 is 2.53 bits per heavy atom. The molecule has 0 saturated heterocycles. The van der Waals surface area contributed by atoms with Crippen LogP contribution >= 0.6 is 0 Å². The van der Waals surface area contributed by atoms with Crippen LogP contribution in [0.25, 0.3) is 0 Å². The standard InChI is InChI=1S/C15H23/c1-3-4-5-6-7-8-12-15-13-10-9-11-14(15)2/h9-11H,3-8,12H2,1-2H3. The molecule has 0 aliphatic heterocycles. The van der Waals surface area contributed by atoms with Gasteiger partial charge in [-0.2, -0.15) is 0 Å². The lowest BCUT2D eigenvalue weighted by Gasteiger charge is -2.04. The molecule has 0 aliphatic rings. The van der Waals surface area contributed by atoms with Crippen LogP contribution in [0.2, 0.25) is 0 Å². The van der Waals surface area contributed by atoms with Crippen molar-refractivity contribution in [2.45, 2.75) is 58.8 Å². The van der Waals surface area contributed by atoms with Crippen LogP contribution in [0.4, 0.5) is 0 Å². The van der Waals surface area contributed by atoms with Gasteiger partial charge in [0.05, 0.1) is 0 Å². The third-order valence-corrected chi connectivity index (χ3v) is 2.96. The number of rotatable bonds is 7. The molecule has 1 radical (unpaired) electrons. The van der Waals surface area contributed by atoms with Gasteiger partial charge in [0.25, 0.3) is 0 Å². The summed E-state index contributed by atoms with van der Waals surface area (Å²) in [6, 6.07) is 9.62. The lowest BCUT2D eigenvalue weighted by Crippen LogP contribution is -1.89. The van der Waals surface area contributed by atoms with Crippen molar-refractivity contribution in [3.05, 3.63) is 35.4 Å². The van der Waals surface area contributed by atoms with Crippen LogP contribution in [0.3, 0.4) is 0 Å². The molecule has 83 valence electrons. The summed E-state index contributed by atoms with van der Waals surface area (Å²) in [6.07, 6.45) is 9.46. The summed E-state index contributed by atoms with van der Waals surface area (Å²) < 4.78 is 0. The van der Waals surface area contributed by atoms with Crippen LogP contribution in [-0.4, -0.2) is 0 Å². The molecule has 1 aromatic rings. The summed E-state index contributed by atoms with van der Waals surface area (Å²) in [5.41, 5.74) is 2.80. The molecule has 1 rings (SSSR count). The van der Waals surface area contributed by atoms with E-state index in [9.17, 15) is 0 Å². The largest absolute Gasteiger partial charge is 0.0654 e. The highest BCUT2D eigenvalue weighted by Gasteiger charge is 1.97. The molecule has 0 bridgehead atoms. The van der Waals surface area contributed by atoms with E-state index in [1.54, 1.807) is 0 Å². The highest BCUT2D eigenvalue weighted by Crippen LogP contribution is 2.12. The van der Waals surface area contributed by atoms with Gasteiger partial charge in [0.15, 0.2) is 0 Å². The summed E-state index contributed by atoms with van der Waals surface area (Å²) in [7, 11) is 0. The van der Waals surface area contributed by atoms with Crippen molar-refractivity contribution in [2.24, 2.45) is 0 Å². The van der Waals surface area contributed by atoms with Gasteiger partial charge in [0.2, 0.25) is 0 Å². The number of unbranched alkanes of at least 4 members (excludes halogenated alkanes) is 5. The number of hydrogen-bond donors (Lipinski definition) is 0. The molecule has 0 aromatic heterocycles. The minimum atomic E-state index is 1.21. The summed E-state index contributed by atoms with van der Waals surface area (Å²) in [4.78, 5) is 0. The van der Waals surface area contributed by atoms with Gasteiger partial charge in [-0.25, -0.2) is 0 Å². The second-order valence-corrected chi connectivity index (χ2v) is 4.35. The lowest BCUT2D eigenvalue weighted by molar-refractivity contribution is 0.607. The average molecular weight is 203 g/mol. The summed E-state index contributed by atoms with van der Waals surface area (Å²) in [6.45, 7) is 4.45. The average Bonchev–Trinajstić information content (AvgIpc) is 2.25. The third kappa shape index (κ3) is 5.01. The van der Waals surface area contributed by atoms with Crippen molar-refractivity contribution in [1.29, 1.82) is 0 Å². The van der Waals surface area contributed by atoms with E-state index in [4.69, 9.17) is 0 Å². The molecule has 0 atom stereocenters. The molecule has 0 unspecified atom stereocenters. The molecule has 1 aromatic carbocycles. The van der Waals surface area contributed by atoms with E-state index >= 15 is 0 Å². The molecule has 15 heavy (non-hydrogen) atoms. The molecule has 0 heteroatoms. The van der Waals surface area contributed by atoms with E-state index in [0.717, 1.165) is 0 Å². The maximum absolute atomic E-state index is 3.34. The minimum Gasteiger partial charge on any atom is -0.0654 e. The number of hydrogen-bond acceptors (Lipinski definition) is 0. The SMILES string of the molecule is CCCCCCCCc1[c]cccc1C. The Morgan fingerprint density at radius 1 is 1.07 bits per heavy atom. The van der Waals surface area contributed by atoms with Gasteiger partial charge < -0.3 is 0 Å². The minimum absolute atomic E-state index is 1.21. The maximum atomic E-state index is 3.34. The summed E-state index contributed by atoms with van der Waals surface area (Å²) in [5.74, 6) is 0. The second kappa shape index (κ2) is 7.50. The monoisotopic (exact) mass is 203 g/mol. The van der Waals surface area contributed by atoms with Crippen LogP contribution in [0.15, 0.2) is 18.2 Å². The lowest BCUT2D eigenvalue weighted by atomic mass is 10.0. The predicted octanol–water partition coefficient (Wildman–Crippen LogP) is 4.70. The van der Waals surface area contributed by atoms with Gasteiger partial charge in [0.1, 0.15) is 0 Å². The molecule has 0 spiro atoms. The van der Waals surface area contributed by atoms with Crippen LogP contribution < -0.4 is 0 Å². The van der Waals surface area contributed by atoms with E-state index < -0.39 is 0 Å². The molecule has 0 aliphatic carbocycles. The van der Waals surface area contributed by atoms with E-state index in [2.05, 4.69) is 32.0 Å². The molecule has 0 saturated carbocycles. The molecular weight excluding hydrogens is 180 g/mol. The van der Waals surface area contributed by atoms with Gasteiger partial charge >= 0.3 is 0 Å². The van der Waals surface area contributed by atoms with Crippen LogP contribution in [0.1, 0.15) is 56.6 Å². The first-order valence-electron chi connectivity index (χ1n) is 6.30. The van der Waals surface area contributed by atoms with Crippen LogP contribution in [0.5, 0.6) is 0 Å². The van der Waals surface area contributed by atoms with Gasteiger partial charge in [-0.15, -0.1) is 0 Å². The maximum Gasteiger partial charge on any atom is -0.0146 e. The van der Waals surface area contributed by atoms with Crippen molar-refractivity contribution in [2.75, 3.05) is 0 Å². The highest BCUT2D eigenvalue weighted by molar-refractivity contribution is 5.24. The molecule has 0 fully saturated rings. The molecule has 0 N–H and O–H groups in total. The Bertz CT molecular complexity index is 262. The second-order valence-electron chi connectivity index (χ2n) is 4.35. The first-order valence-corrected chi connectivity index (χ1v) is 6.30. The Balaban J connectivity index is 2.12. The Kier molecular flexibility index (Phi) is 6.15. The van der Waals surface area contributed by atoms with Crippen LogP contribution in [0, 0.1) is 13.0 Å². The van der Waals surface area contributed by atoms with E-state index in [0.29, 0.717) is 0 Å². The van der Waals surface area contributed by atoms with Crippen molar-refractivity contribution < 1.29 is 0 Å². The fourth-order valence-electron chi connectivity index (χ4n) is 1.91. The molecule has 0 amide bonds. The highest BCUT2D eigenvalue weighted by atomic mass is 14.0. The van der Waals surface area contributed by atoms with Gasteiger partial charge in [-0.05, 0) is 37.0 Å². The molecule has 0 heterocycles. The smallest absolute Gasteiger partial charge is 0.0146 e. The first kappa shape index (κ1) is 12.3. The van der Waals surface area contributed by atoms with E-state index in [1.165, 1.54) is 56.1 Å². The first-order chi connectivity index (χ1) is 7.34. The van der Waals surface area contributed by atoms with E-state index in [-0.39, 0.29) is 0 Å². The zero-order valence-corrected chi connectivity index (χ0v) is 10.2. The third-order valence-electron chi connectivity index (χ3n) is 2.96. The zero-order chi connectivity index (χ0) is 10.9. The Morgan fingerprint density at radius 2 is 1.80 bits per heavy atom. The van der Waals surface area contributed by atoms with Gasteiger partial charge in [-0.1, -0.05) is 57.2 Å². The van der Waals surface area contributed by atoms with Crippen molar-refractivity contribution in [3.63, 3.8) is 0 Å². The summed E-state index contributed by atoms with van der Waals surface area (Å²) >= 11 is 0. The Labute approximate surface area is 94.7 Å².